The van der Waals surface area contributed by atoms with Crippen molar-refractivity contribution in [2.75, 3.05) is 26.2 Å². The Hall–Kier alpha value is -2.48. The summed E-state index contributed by atoms with van der Waals surface area (Å²) in [5.74, 6) is 0.0265. The number of piperidine rings is 2. The van der Waals surface area contributed by atoms with Crippen molar-refractivity contribution in [1.82, 2.24) is 14.5 Å². The molecule has 0 bridgehead atoms. The summed E-state index contributed by atoms with van der Waals surface area (Å²) in [5.41, 5.74) is 1.96. The second kappa shape index (κ2) is 10.0. The molecule has 8 heteroatoms. The Morgan fingerprint density at radius 2 is 1.76 bits per heavy atom. The van der Waals surface area contributed by atoms with Crippen molar-refractivity contribution in [2.24, 2.45) is 0 Å². The second-order valence-corrected chi connectivity index (χ2v) is 10.3. The van der Waals surface area contributed by atoms with Crippen molar-refractivity contribution < 1.29 is 9.69 Å². The molecular formula is C26H30ClN4O2S+. The molecule has 2 aromatic carbocycles. The summed E-state index contributed by atoms with van der Waals surface area (Å²) in [6, 6.07) is 13.3. The van der Waals surface area contributed by atoms with Crippen molar-refractivity contribution in [3.8, 4) is 0 Å². The van der Waals surface area contributed by atoms with Crippen LogP contribution in [0.3, 0.4) is 0 Å². The minimum absolute atomic E-state index is 0.0265. The SMILES string of the molecule is O=C(c1ccc2c(=O)n(Cc3ccc(Cl)cc3)c(=S)[nH]c2c1)N1CCC([NH+]2CCCCC2)CC1. The van der Waals surface area contributed by atoms with Gasteiger partial charge in [0.1, 0.15) is 0 Å². The van der Waals surface area contributed by atoms with E-state index >= 15 is 0 Å². The Bertz CT molecular complexity index is 1300. The zero-order valence-corrected chi connectivity index (χ0v) is 20.8. The quantitative estimate of drug-likeness (QED) is 0.543. The Morgan fingerprint density at radius 1 is 1.06 bits per heavy atom. The Morgan fingerprint density at radius 3 is 2.47 bits per heavy atom. The number of nitrogens with one attached hydrogen (secondary N) is 2. The van der Waals surface area contributed by atoms with E-state index in [-0.39, 0.29) is 11.5 Å². The lowest BCUT2D eigenvalue weighted by atomic mass is 9.99. The summed E-state index contributed by atoms with van der Waals surface area (Å²) in [6.07, 6.45) is 6.14. The molecule has 2 N–H and O–H groups in total. The number of aromatic amines is 1. The van der Waals surface area contributed by atoms with Crippen molar-refractivity contribution in [1.29, 1.82) is 0 Å². The van der Waals surface area contributed by atoms with Gasteiger partial charge in [-0.2, -0.15) is 0 Å². The van der Waals surface area contributed by atoms with E-state index in [1.807, 2.05) is 17.0 Å². The fraction of sp³-hybridized carbons (Fsp3) is 0.423. The number of hydrogen-bond acceptors (Lipinski definition) is 3. The fourth-order valence-electron chi connectivity index (χ4n) is 5.39. The highest BCUT2D eigenvalue weighted by molar-refractivity contribution is 7.71. The van der Waals surface area contributed by atoms with Gasteiger partial charge in [0.05, 0.1) is 36.6 Å². The van der Waals surface area contributed by atoms with Crippen LogP contribution in [0, 0.1) is 4.77 Å². The van der Waals surface area contributed by atoms with E-state index in [2.05, 4.69) is 4.98 Å². The Balaban J connectivity index is 1.33. The molecule has 178 valence electrons. The van der Waals surface area contributed by atoms with E-state index in [0.29, 0.717) is 38.8 Å². The molecule has 2 saturated heterocycles. The smallest absolute Gasteiger partial charge is 0.262 e. The molecule has 1 amide bonds. The summed E-state index contributed by atoms with van der Waals surface area (Å²) in [5, 5.41) is 1.17. The number of amides is 1. The van der Waals surface area contributed by atoms with Gasteiger partial charge in [-0.05, 0) is 67.4 Å². The zero-order chi connectivity index (χ0) is 23.7. The molecule has 0 atom stereocenters. The minimum Gasteiger partial charge on any atom is -0.338 e. The molecule has 2 aliphatic rings. The first-order valence-electron chi connectivity index (χ1n) is 12.1. The second-order valence-electron chi connectivity index (χ2n) is 9.49. The summed E-state index contributed by atoms with van der Waals surface area (Å²) >= 11 is 11.5. The third-order valence-corrected chi connectivity index (χ3v) is 7.91. The number of carbonyl (C=O) groups excluding carboxylic acids is 1. The topological polar surface area (TPSA) is 62.5 Å². The summed E-state index contributed by atoms with van der Waals surface area (Å²) in [7, 11) is 0. The lowest BCUT2D eigenvalue weighted by molar-refractivity contribution is -0.931. The highest BCUT2D eigenvalue weighted by atomic mass is 35.5. The van der Waals surface area contributed by atoms with Gasteiger partial charge in [-0.1, -0.05) is 23.7 Å². The standard InChI is InChI=1S/C26H29ClN4O2S/c27-20-7-4-18(5-8-20)17-31-25(33)22-9-6-19(16-23(22)28-26(31)34)24(32)30-14-10-21(11-15-30)29-12-2-1-3-13-29/h4-9,16,21H,1-3,10-15,17H2,(H,28,34)/p+1. The zero-order valence-electron chi connectivity index (χ0n) is 19.2. The molecule has 0 spiro atoms. The van der Waals surface area contributed by atoms with Gasteiger partial charge in [0, 0.05) is 36.5 Å². The van der Waals surface area contributed by atoms with Gasteiger partial charge >= 0.3 is 0 Å². The molecular weight excluding hydrogens is 468 g/mol. The molecule has 2 fully saturated rings. The van der Waals surface area contributed by atoms with Gasteiger partial charge in [0.15, 0.2) is 4.77 Å². The van der Waals surface area contributed by atoms with E-state index in [9.17, 15) is 9.59 Å². The van der Waals surface area contributed by atoms with Gasteiger partial charge < -0.3 is 14.8 Å². The number of H-pyrrole nitrogens is 1. The third-order valence-electron chi connectivity index (χ3n) is 7.34. The number of benzene rings is 2. The summed E-state index contributed by atoms with van der Waals surface area (Å²) in [6.45, 7) is 4.50. The average molecular weight is 498 g/mol. The van der Waals surface area contributed by atoms with Crippen LogP contribution in [0.1, 0.15) is 48.0 Å². The molecule has 0 unspecified atom stereocenters. The highest BCUT2D eigenvalue weighted by Gasteiger charge is 2.30. The molecule has 0 radical (unpaired) electrons. The predicted molar refractivity (Wildman–Crippen MR) is 137 cm³/mol. The monoisotopic (exact) mass is 497 g/mol. The van der Waals surface area contributed by atoms with Crippen LogP contribution in [-0.2, 0) is 6.54 Å². The number of carbonyl (C=O) groups is 1. The van der Waals surface area contributed by atoms with Crippen LogP contribution in [0.15, 0.2) is 47.3 Å². The van der Waals surface area contributed by atoms with Gasteiger partial charge in [-0.25, -0.2) is 0 Å². The molecule has 3 heterocycles. The number of halogens is 1. The van der Waals surface area contributed by atoms with Crippen LogP contribution in [0.2, 0.25) is 5.02 Å². The van der Waals surface area contributed by atoms with Crippen LogP contribution in [0.5, 0.6) is 0 Å². The maximum Gasteiger partial charge on any atom is 0.262 e. The van der Waals surface area contributed by atoms with Gasteiger partial charge in [-0.15, -0.1) is 0 Å². The fourth-order valence-corrected chi connectivity index (χ4v) is 5.77. The maximum absolute atomic E-state index is 13.2. The minimum atomic E-state index is -0.168. The van der Waals surface area contributed by atoms with Crippen LogP contribution in [0.25, 0.3) is 10.9 Å². The average Bonchev–Trinajstić information content (AvgIpc) is 2.87. The lowest BCUT2D eigenvalue weighted by Crippen LogP contribution is -3.16. The van der Waals surface area contributed by atoms with Crippen LogP contribution in [-0.4, -0.2) is 52.6 Å². The first-order chi connectivity index (χ1) is 16.5. The first kappa shape index (κ1) is 23.3. The number of rotatable bonds is 4. The number of nitrogens with zero attached hydrogens (tertiary/aromatic N) is 2. The van der Waals surface area contributed by atoms with Crippen LogP contribution >= 0.6 is 23.8 Å². The number of aromatic nitrogens is 2. The normalized spacial score (nSPS) is 17.9. The Labute approximate surface area is 209 Å². The van der Waals surface area contributed by atoms with Crippen molar-refractivity contribution >= 4 is 40.6 Å². The van der Waals surface area contributed by atoms with Crippen molar-refractivity contribution in [3.05, 3.63) is 73.7 Å². The predicted octanol–water partition coefficient (Wildman–Crippen LogP) is 3.43. The van der Waals surface area contributed by atoms with E-state index < -0.39 is 0 Å². The maximum atomic E-state index is 13.2. The Kier molecular flexibility index (Phi) is 6.86. The van der Waals surface area contributed by atoms with E-state index in [1.165, 1.54) is 36.9 Å². The molecule has 2 aliphatic heterocycles. The summed E-state index contributed by atoms with van der Waals surface area (Å²) < 4.78 is 1.87. The number of likely N-dealkylation sites (tertiary alicyclic amines) is 2. The van der Waals surface area contributed by atoms with Crippen LogP contribution < -0.4 is 10.5 Å². The molecule has 6 nitrogen and oxygen atoms in total. The molecule has 0 saturated carbocycles. The van der Waals surface area contributed by atoms with Gasteiger partial charge in [-0.3, -0.25) is 14.2 Å². The van der Waals surface area contributed by atoms with E-state index in [1.54, 1.807) is 35.2 Å². The lowest BCUT2D eigenvalue weighted by Gasteiger charge is -2.37. The van der Waals surface area contributed by atoms with Crippen LogP contribution in [0.4, 0.5) is 0 Å². The van der Waals surface area contributed by atoms with Gasteiger partial charge in [0.25, 0.3) is 11.5 Å². The first-order valence-corrected chi connectivity index (χ1v) is 12.9. The number of fused-ring (bicyclic) bond motifs is 1. The summed E-state index contributed by atoms with van der Waals surface area (Å²) in [4.78, 5) is 33.2. The third kappa shape index (κ3) is 4.83. The van der Waals surface area contributed by atoms with E-state index in [0.717, 1.165) is 31.5 Å². The molecule has 34 heavy (non-hydrogen) atoms. The van der Waals surface area contributed by atoms with Crippen molar-refractivity contribution in [2.45, 2.75) is 44.7 Å². The highest BCUT2D eigenvalue weighted by Crippen LogP contribution is 2.17. The van der Waals surface area contributed by atoms with Gasteiger partial charge in [0.2, 0.25) is 0 Å². The number of quaternary nitrogens is 1. The van der Waals surface area contributed by atoms with Crippen molar-refractivity contribution in [3.63, 3.8) is 0 Å². The molecule has 1 aromatic heterocycles. The molecule has 3 aromatic rings. The molecule has 0 aliphatic carbocycles. The molecule has 5 rings (SSSR count). The van der Waals surface area contributed by atoms with E-state index in [4.69, 9.17) is 23.8 Å². The number of hydrogen-bond donors (Lipinski definition) is 2. The largest absolute Gasteiger partial charge is 0.338 e.